The molecule has 9 nitrogen and oxygen atoms in total. The lowest BCUT2D eigenvalue weighted by atomic mass is 9.95. The van der Waals surface area contributed by atoms with Crippen LogP contribution in [0.2, 0.25) is 0 Å². The second kappa shape index (κ2) is 12.7. The van der Waals surface area contributed by atoms with Crippen LogP contribution in [0.5, 0.6) is 5.75 Å². The highest BCUT2D eigenvalue weighted by Crippen LogP contribution is 2.34. The summed E-state index contributed by atoms with van der Waals surface area (Å²) >= 11 is 8.85. The first-order chi connectivity index (χ1) is 18.8. The number of furan rings is 1. The Hall–Kier alpha value is -3.96. The second-order valence-corrected chi connectivity index (χ2v) is 9.86. The number of carbonyl (C=O) groups is 2. The SMILES string of the molecule is CCOC(=O)C1=C(C)NC(=S)N[C@@H]1c1ccccc1OCC(=O)NN=Cc1ccc(-c2ccc(C)cc2Br)o1. The Balaban J connectivity index is 1.40. The molecular formula is C28H27BrN4O5S. The van der Waals surface area contributed by atoms with Crippen LogP contribution >= 0.6 is 28.1 Å². The summed E-state index contributed by atoms with van der Waals surface area (Å²) in [4.78, 5) is 25.1. The van der Waals surface area contributed by atoms with Gasteiger partial charge in [0.2, 0.25) is 0 Å². The zero-order chi connectivity index (χ0) is 27.9. The molecule has 1 amide bonds. The molecule has 0 radical (unpaired) electrons. The third-order valence-corrected chi connectivity index (χ3v) is 6.63. The van der Waals surface area contributed by atoms with Crippen LogP contribution in [0, 0.1) is 6.92 Å². The standard InChI is InChI=1S/C28H27BrN4O5S/c1-4-36-27(35)25-17(3)31-28(39)32-26(25)20-7-5-6-8-22(20)37-15-24(34)33-30-14-18-10-12-23(38-18)19-11-9-16(2)13-21(19)29/h5-14,26H,4,15H2,1-3H3,(H,33,34)(H2,31,32,39)/t26-/m1/s1. The minimum atomic E-state index is -0.614. The molecule has 0 aliphatic carbocycles. The number of esters is 1. The lowest BCUT2D eigenvalue weighted by molar-refractivity contribution is -0.139. The zero-order valence-corrected chi connectivity index (χ0v) is 23.9. The van der Waals surface area contributed by atoms with E-state index in [0.717, 1.165) is 15.6 Å². The summed E-state index contributed by atoms with van der Waals surface area (Å²) in [6.07, 6.45) is 1.41. The lowest BCUT2D eigenvalue weighted by Gasteiger charge is -2.30. The van der Waals surface area contributed by atoms with E-state index in [9.17, 15) is 9.59 Å². The predicted octanol–water partition coefficient (Wildman–Crippen LogP) is 4.90. The number of carbonyl (C=O) groups excluding carboxylic acids is 2. The van der Waals surface area contributed by atoms with E-state index in [1.165, 1.54) is 6.21 Å². The number of thiocarbonyl (C=S) groups is 1. The number of amides is 1. The third kappa shape index (κ3) is 6.92. The van der Waals surface area contributed by atoms with E-state index in [1.54, 1.807) is 38.1 Å². The van der Waals surface area contributed by atoms with Gasteiger partial charge < -0.3 is 24.5 Å². The molecule has 4 rings (SSSR count). The number of rotatable bonds is 9. The average Bonchev–Trinajstić information content (AvgIpc) is 3.35. The number of para-hydroxylation sites is 1. The molecule has 39 heavy (non-hydrogen) atoms. The van der Waals surface area contributed by atoms with Crippen molar-refractivity contribution in [2.45, 2.75) is 26.8 Å². The van der Waals surface area contributed by atoms with Crippen LogP contribution in [0.3, 0.4) is 0 Å². The van der Waals surface area contributed by atoms with Gasteiger partial charge in [-0.2, -0.15) is 5.10 Å². The Morgan fingerprint density at radius 1 is 1.18 bits per heavy atom. The maximum absolute atomic E-state index is 12.7. The van der Waals surface area contributed by atoms with E-state index in [1.807, 2.05) is 37.3 Å². The Morgan fingerprint density at radius 2 is 1.97 bits per heavy atom. The normalized spacial score (nSPS) is 15.1. The van der Waals surface area contributed by atoms with Crippen LogP contribution < -0.4 is 20.8 Å². The van der Waals surface area contributed by atoms with Crippen LogP contribution in [0.1, 0.15) is 36.8 Å². The number of halogens is 1. The van der Waals surface area contributed by atoms with Gasteiger partial charge in [-0.15, -0.1) is 0 Å². The first-order valence-corrected chi connectivity index (χ1v) is 13.3. The Labute approximate surface area is 239 Å². The van der Waals surface area contributed by atoms with E-state index in [4.69, 9.17) is 26.1 Å². The number of hydrazone groups is 1. The van der Waals surface area contributed by atoms with Crippen molar-refractivity contribution < 1.29 is 23.5 Å². The van der Waals surface area contributed by atoms with Gasteiger partial charge in [0.15, 0.2) is 11.7 Å². The van der Waals surface area contributed by atoms with Crippen molar-refractivity contribution in [3.63, 3.8) is 0 Å². The van der Waals surface area contributed by atoms with Gasteiger partial charge in [0.05, 0.1) is 24.4 Å². The number of aryl methyl sites for hydroxylation is 1. The van der Waals surface area contributed by atoms with Crippen molar-refractivity contribution in [1.82, 2.24) is 16.1 Å². The summed E-state index contributed by atoms with van der Waals surface area (Å²) in [5.41, 5.74) is 6.07. The molecule has 3 aromatic rings. The molecule has 3 N–H and O–H groups in total. The molecular weight excluding hydrogens is 584 g/mol. The average molecular weight is 612 g/mol. The van der Waals surface area contributed by atoms with Crippen molar-refractivity contribution in [3.8, 4) is 17.1 Å². The van der Waals surface area contributed by atoms with Crippen molar-refractivity contribution in [3.05, 3.63) is 87.2 Å². The molecule has 0 unspecified atom stereocenters. The highest BCUT2D eigenvalue weighted by Gasteiger charge is 2.32. The lowest BCUT2D eigenvalue weighted by Crippen LogP contribution is -2.45. The predicted molar refractivity (Wildman–Crippen MR) is 155 cm³/mol. The second-order valence-electron chi connectivity index (χ2n) is 8.60. The number of ether oxygens (including phenoxy) is 2. The maximum Gasteiger partial charge on any atom is 0.338 e. The molecule has 11 heteroatoms. The maximum atomic E-state index is 12.7. The fourth-order valence-electron chi connectivity index (χ4n) is 3.99. The molecule has 0 spiro atoms. The summed E-state index contributed by atoms with van der Waals surface area (Å²) in [6, 6.07) is 16.0. The van der Waals surface area contributed by atoms with Crippen molar-refractivity contribution in [2.75, 3.05) is 13.2 Å². The molecule has 0 saturated carbocycles. The molecule has 0 saturated heterocycles. The quantitative estimate of drug-likeness (QED) is 0.136. The highest BCUT2D eigenvalue weighted by atomic mass is 79.9. The molecule has 1 aliphatic heterocycles. The monoisotopic (exact) mass is 610 g/mol. The number of nitrogens with one attached hydrogen (secondary N) is 3. The van der Waals surface area contributed by atoms with Crippen LogP contribution in [-0.2, 0) is 14.3 Å². The first kappa shape index (κ1) is 28.1. The number of hydrogen-bond acceptors (Lipinski definition) is 7. The van der Waals surface area contributed by atoms with Crippen LogP contribution in [0.4, 0.5) is 0 Å². The van der Waals surface area contributed by atoms with Gasteiger partial charge in [0, 0.05) is 21.3 Å². The van der Waals surface area contributed by atoms with Gasteiger partial charge in [-0.3, -0.25) is 4.79 Å². The minimum Gasteiger partial charge on any atom is -0.483 e. The molecule has 202 valence electrons. The van der Waals surface area contributed by atoms with Crippen molar-refractivity contribution in [2.24, 2.45) is 5.10 Å². The van der Waals surface area contributed by atoms with Gasteiger partial charge in [-0.05, 0) is 68.9 Å². The van der Waals surface area contributed by atoms with Gasteiger partial charge in [-0.1, -0.05) is 40.2 Å². The molecule has 2 aromatic carbocycles. The van der Waals surface area contributed by atoms with E-state index < -0.39 is 17.9 Å². The molecule has 0 bridgehead atoms. The first-order valence-electron chi connectivity index (χ1n) is 12.1. The number of allylic oxidation sites excluding steroid dienone is 1. The number of benzene rings is 2. The molecule has 1 atom stereocenters. The van der Waals surface area contributed by atoms with Gasteiger partial charge >= 0.3 is 5.97 Å². The fourth-order valence-corrected chi connectivity index (χ4v) is 4.95. The Bertz CT molecular complexity index is 1470. The highest BCUT2D eigenvalue weighted by molar-refractivity contribution is 9.10. The van der Waals surface area contributed by atoms with Crippen molar-refractivity contribution >= 4 is 51.4 Å². The Morgan fingerprint density at radius 3 is 2.74 bits per heavy atom. The molecule has 1 aliphatic rings. The summed E-state index contributed by atoms with van der Waals surface area (Å²) in [5.74, 6) is 0.617. The van der Waals surface area contributed by atoms with E-state index in [0.29, 0.717) is 39.2 Å². The topological polar surface area (TPSA) is 114 Å². The molecule has 1 aromatic heterocycles. The third-order valence-electron chi connectivity index (χ3n) is 5.75. The van der Waals surface area contributed by atoms with E-state index in [-0.39, 0.29) is 13.2 Å². The van der Waals surface area contributed by atoms with Gasteiger partial charge in [0.25, 0.3) is 5.91 Å². The number of hydrogen-bond donors (Lipinski definition) is 3. The smallest absolute Gasteiger partial charge is 0.338 e. The van der Waals surface area contributed by atoms with Crippen LogP contribution in [0.15, 0.2) is 79.9 Å². The van der Waals surface area contributed by atoms with Crippen LogP contribution in [-0.4, -0.2) is 36.4 Å². The summed E-state index contributed by atoms with van der Waals surface area (Å²) in [5, 5.41) is 10.4. The zero-order valence-electron chi connectivity index (χ0n) is 21.5. The van der Waals surface area contributed by atoms with Gasteiger partial charge in [-0.25, -0.2) is 10.2 Å². The van der Waals surface area contributed by atoms with E-state index >= 15 is 0 Å². The Kier molecular flexibility index (Phi) is 9.15. The summed E-state index contributed by atoms with van der Waals surface area (Å²) in [7, 11) is 0. The minimum absolute atomic E-state index is 0.231. The van der Waals surface area contributed by atoms with E-state index in [2.05, 4.69) is 37.1 Å². The summed E-state index contributed by atoms with van der Waals surface area (Å²) in [6.45, 7) is 5.43. The number of nitrogens with zero attached hydrogens (tertiary/aromatic N) is 1. The van der Waals surface area contributed by atoms with Crippen molar-refractivity contribution in [1.29, 1.82) is 0 Å². The molecule has 2 heterocycles. The largest absolute Gasteiger partial charge is 0.483 e. The summed E-state index contributed by atoms with van der Waals surface area (Å²) < 4.78 is 17.8. The van der Waals surface area contributed by atoms with Crippen LogP contribution in [0.25, 0.3) is 11.3 Å². The molecule has 0 fully saturated rings. The fraction of sp³-hybridized carbons (Fsp3) is 0.214. The van der Waals surface area contributed by atoms with Gasteiger partial charge in [0.1, 0.15) is 17.3 Å².